The summed E-state index contributed by atoms with van der Waals surface area (Å²) in [5.74, 6) is 0.493. The summed E-state index contributed by atoms with van der Waals surface area (Å²) in [7, 11) is 1.73. The van der Waals surface area contributed by atoms with Crippen molar-refractivity contribution in [1.29, 1.82) is 0 Å². The fraction of sp³-hybridized carbons (Fsp3) is 0.391. The Morgan fingerprint density at radius 3 is 2.45 bits per heavy atom. The largest absolute Gasteiger partial charge is 0.378 e. The Kier molecular flexibility index (Phi) is 11.1. The number of amides is 1. The Labute approximate surface area is 206 Å². The SMILES string of the molecule is CN=C(NCCc1ccccc1Cl)NCC(C(=O)N1CCOCC1)c1ccccc1.I. The summed E-state index contributed by atoms with van der Waals surface area (Å²) in [4.78, 5) is 19.4. The molecule has 0 aromatic heterocycles. The summed E-state index contributed by atoms with van der Waals surface area (Å²) in [5.41, 5.74) is 2.08. The molecule has 2 N–H and O–H groups in total. The van der Waals surface area contributed by atoms with Crippen molar-refractivity contribution in [2.24, 2.45) is 4.99 Å². The molecule has 3 rings (SSSR count). The van der Waals surface area contributed by atoms with Crippen molar-refractivity contribution in [3.63, 3.8) is 0 Å². The smallest absolute Gasteiger partial charge is 0.232 e. The maximum absolute atomic E-state index is 13.2. The lowest BCUT2D eigenvalue weighted by Gasteiger charge is -2.31. The van der Waals surface area contributed by atoms with E-state index in [1.54, 1.807) is 7.05 Å². The molecule has 31 heavy (non-hydrogen) atoms. The number of nitrogens with zero attached hydrogens (tertiary/aromatic N) is 2. The molecule has 1 aliphatic rings. The zero-order chi connectivity index (χ0) is 21.2. The minimum atomic E-state index is -0.286. The number of aliphatic imine (C=N–C) groups is 1. The number of guanidine groups is 1. The highest BCUT2D eigenvalue weighted by Gasteiger charge is 2.27. The third-order valence-corrected chi connectivity index (χ3v) is 5.53. The molecule has 1 atom stereocenters. The molecule has 2 aromatic rings. The molecule has 0 saturated carbocycles. The molecule has 1 saturated heterocycles. The molecule has 6 nitrogen and oxygen atoms in total. The molecular formula is C23H30ClIN4O2. The van der Waals surface area contributed by atoms with Crippen molar-refractivity contribution >= 4 is 47.4 Å². The van der Waals surface area contributed by atoms with E-state index in [9.17, 15) is 4.79 Å². The van der Waals surface area contributed by atoms with Crippen molar-refractivity contribution in [1.82, 2.24) is 15.5 Å². The van der Waals surface area contributed by atoms with E-state index in [1.807, 2.05) is 59.5 Å². The average Bonchev–Trinajstić information content (AvgIpc) is 2.80. The second-order valence-electron chi connectivity index (χ2n) is 7.12. The summed E-state index contributed by atoms with van der Waals surface area (Å²) in [5, 5.41) is 7.39. The van der Waals surface area contributed by atoms with Crippen LogP contribution in [0.25, 0.3) is 0 Å². The number of carbonyl (C=O) groups excluding carboxylic acids is 1. The number of halogens is 2. The van der Waals surface area contributed by atoms with Crippen LogP contribution in [-0.2, 0) is 16.0 Å². The second-order valence-corrected chi connectivity index (χ2v) is 7.53. The van der Waals surface area contributed by atoms with E-state index >= 15 is 0 Å². The number of nitrogens with one attached hydrogen (secondary N) is 2. The Balaban J connectivity index is 0.00000341. The van der Waals surface area contributed by atoms with Gasteiger partial charge in [-0.3, -0.25) is 9.79 Å². The van der Waals surface area contributed by atoms with E-state index < -0.39 is 0 Å². The molecular weight excluding hydrogens is 527 g/mol. The summed E-state index contributed by atoms with van der Waals surface area (Å²) in [6, 6.07) is 17.7. The molecule has 0 aliphatic carbocycles. The van der Waals surface area contributed by atoms with Crippen LogP contribution >= 0.6 is 35.6 Å². The second kappa shape index (κ2) is 13.5. The molecule has 1 amide bonds. The Hall–Kier alpha value is -1.84. The van der Waals surface area contributed by atoms with Gasteiger partial charge >= 0.3 is 0 Å². The molecule has 8 heteroatoms. The molecule has 2 aromatic carbocycles. The molecule has 0 spiro atoms. The highest BCUT2D eigenvalue weighted by atomic mass is 127. The average molecular weight is 557 g/mol. The molecule has 0 bridgehead atoms. The highest BCUT2D eigenvalue weighted by Crippen LogP contribution is 2.19. The number of carbonyl (C=O) groups is 1. The Morgan fingerprint density at radius 1 is 1.10 bits per heavy atom. The Bertz CT molecular complexity index is 844. The predicted octanol–water partition coefficient (Wildman–Crippen LogP) is 3.31. The van der Waals surface area contributed by atoms with Gasteiger partial charge in [-0.15, -0.1) is 24.0 Å². The van der Waals surface area contributed by atoms with Crippen LogP contribution in [0.1, 0.15) is 17.0 Å². The first-order valence-electron chi connectivity index (χ1n) is 10.3. The van der Waals surface area contributed by atoms with Gasteiger partial charge < -0.3 is 20.3 Å². The molecule has 168 valence electrons. The minimum Gasteiger partial charge on any atom is -0.378 e. The van der Waals surface area contributed by atoms with Crippen molar-refractivity contribution in [3.8, 4) is 0 Å². The minimum absolute atomic E-state index is 0. The van der Waals surface area contributed by atoms with Gasteiger partial charge in [0.25, 0.3) is 0 Å². The number of morpholine rings is 1. The fourth-order valence-corrected chi connectivity index (χ4v) is 3.70. The standard InChI is InChI=1S/C23H29ClN4O2.HI/c1-25-23(26-12-11-19-9-5-6-10-21(19)24)27-17-20(18-7-3-2-4-8-18)22(29)28-13-15-30-16-14-28;/h2-10,20H,11-17H2,1H3,(H2,25,26,27);1H. The number of benzene rings is 2. The lowest BCUT2D eigenvalue weighted by Crippen LogP contribution is -2.47. The van der Waals surface area contributed by atoms with E-state index in [1.165, 1.54) is 0 Å². The Morgan fingerprint density at radius 2 is 1.77 bits per heavy atom. The van der Waals surface area contributed by atoms with Gasteiger partial charge in [0.05, 0.1) is 19.1 Å². The van der Waals surface area contributed by atoms with Crippen LogP contribution in [0, 0.1) is 0 Å². The summed E-state index contributed by atoms with van der Waals surface area (Å²) in [6.45, 7) is 3.60. The van der Waals surface area contributed by atoms with Gasteiger partial charge in [0, 0.05) is 38.2 Å². The van der Waals surface area contributed by atoms with Gasteiger partial charge in [-0.05, 0) is 23.6 Å². The third-order valence-electron chi connectivity index (χ3n) is 5.16. The number of hydrogen-bond acceptors (Lipinski definition) is 3. The maximum Gasteiger partial charge on any atom is 0.232 e. The molecule has 1 fully saturated rings. The predicted molar refractivity (Wildman–Crippen MR) is 137 cm³/mol. The van der Waals surface area contributed by atoms with E-state index in [0.29, 0.717) is 45.4 Å². The first-order chi connectivity index (χ1) is 14.7. The first kappa shape index (κ1) is 25.4. The lowest BCUT2D eigenvalue weighted by atomic mass is 9.97. The van der Waals surface area contributed by atoms with Gasteiger partial charge in [0.1, 0.15) is 0 Å². The van der Waals surface area contributed by atoms with Crippen LogP contribution in [0.5, 0.6) is 0 Å². The van der Waals surface area contributed by atoms with Gasteiger partial charge in [-0.25, -0.2) is 0 Å². The van der Waals surface area contributed by atoms with Gasteiger partial charge in [0.2, 0.25) is 5.91 Å². The van der Waals surface area contributed by atoms with Crippen LogP contribution in [0.15, 0.2) is 59.6 Å². The number of hydrogen-bond donors (Lipinski definition) is 2. The molecule has 0 radical (unpaired) electrons. The fourth-order valence-electron chi connectivity index (χ4n) is 3.47. The third kappa shape index (κ3) is 7.66. The zero-order valence-electron chi connectivity index (χ0n) is 17.7. The zero-order valence-corrected chi connectivity index (χ0v) is 20.8. The van der Waals surface area contributed by atoms with Crippen molar-refractivity contribution < 1.29 is 9.53 Å². The lowest BCUT2D eigenvalue weighted by molar-refractivity contribution is -0.136. The van der Waals surface area contributed by atoms with Gasteiger partial charge in [-0.2, -0.15) is 0 Å². The van der Waals surface area contributed by atoms with E-state index in [2.05, 4.69) is 15.6 Å². The monoisotopic (exact) mass is 556 g/mol. The van der Waals surface area contributed by atoms with E-state index in [0.717, 1.165) is 22.6 Å². The summed E-state index contributed by atoms with van der Waals surface area (Å²) in [6.07, 6.45) is 0.787. The van der Waals surface area contributed by atoms with Gasteiger partial charge in [0.15, 0.2) is 5.96 Å². The van der Waals surface area contributed by atoms with Crippen LogP contribution in [0.4, 0.5) is 0 Å². The van der Waals surface area contributed by atoms with E-state index in [-0.39, 0.29) is 35.8 Å². The molecule has 1 heterocycles. The summed E-state index contributed by atoms with van der Waals surface area (Å²) >= 11 is 6.23. The summed E-state index contributed by atoms with van der Waals surface area (Å²) < 4.78 is 5.39. The normalized spacial score (nSPS) is 15.0. The van der Waals surface area contributed by atoms with Crippen molar-refractivity contribution in [3.05, 3.63) is 70.7 Å². The molecule has 1 unspecified atom stereocenters. The quantitative estimate of drug-likeness (QED) is 0.312. The van der Waals surface area contributed by atoms with Gasteiger partial charge in [-0.1, -0.05) is 60.1 Å². The van der Waals surface area contributed by atoms with E-state index in [4.69, 9.17) is 16.3 Å². The van der Waals surface area contributed by atoms with Crippen LogP contribution in [0.3, 0.4) is 0 Å². The van der Waals surface area contributed by atoms with Crippen LogP contribution in [0.2, 0.25) is 5.02 Å². The number of rotatable bonds is 7. The van der Waals surface area contributed by atoms with Crippen LogP contribution in [-0.4, -0.2) is 63.2 Å². The van der Waals surface area contributed by atoms with Crippen LogP contribution < -0.4 is 10.6 Å². The van der Waals surface area contributed by atoms with Crippen molar-refractivity contribution in [2.75, 3.05) is 46.4 Å². The molecule has 1 aliphatic heterocycles. The highest BCUT2D eigenvalue weighted by molar-refractivity contribution is 14.0. The number of ether oxygens (including phenoxy) is 1. The topological polar surface area (TPSA) is 66.0 Å². The first-order valence-corrected chi connectivity index (χ1v) is 10.7. The maximum atomic E-state index is 13.2. The van der Waals surface area contributed by atoms with Crippen molar-refractivity contribution in [2.45, 2.75) is 12.3 Å².